The summed E-state index contributed by atoms with van der Waals surface area (Å²) in [6, 6.07) is 0. The summed E-state index contributed by atoms with van der Waals surface area (Å²) in [5.74, 6) is 0. The second-order valence-electron chi connectivity index (χ2n) is 1.12. The van der Waals surface area contributed by atoms with E-state index < -0.39 is 77.0 Å². The second kappa shape index (κ2) is 33.0. The molecule has 0 bridgehead atoms. The molecule has 0 aromatic carbocycles. The van der Waals surface area contributed by atoms with Crippen molar-refractivity contribution in [2.45, 2.75) is 0 Å². The standard InChI is InChI=1S/15O.6V/q;;;;;;;;;;5*-1;;;;;;. The first-order valence-corrected chi connectivity index (χ1v) is 11.3. The predicted molar refractivity (Wildman–Crippen MR) is 6.86 cm³/mol. The Morgan fingerprint density at radius 3 is 0.333 bits per heavy atom. The number of hydrogen-bond acceptors (Lipinski definition) is 15. The first-order chi connectivity index (χ1) is 8.66. The molecule has 0 aliphatic heterocycles. The van der Waals surface area contributed by atoms with Crippen LogP contribution in [0.25, 0.3) is 0 Å². The van der Waals surface area contributed by atoms with Gasteiger partial charge in [0.05, 0.1) is 0 Å². The van der Waals surface area contributed by atoms with Gasteiger partial charge in [-0.1, -0.05) is 0 Å². The van der Waals surface area contributed by atoms with Crippen molar-refractivity contribution in [2.24, 2.45) is 0 Å². The molecule has 0 spiro atoms. The third kappa shape index (κ3) is 4650. The largest absolute Gasteiger partial charge is 0 e. The molecule has 21 heavy (non-hydrogen) atoms. The quantitative estimate of drug-likeness (QED) is 0.273. The maximum Gasteiger partial charge on any atom is 0 e. The Morgan fingerprint density at radius 2 is 0.333 bits per heavy atom. The predicted octanol–water partition coefficient (Wildman–Crippen LogP) is -7.15. The van der Waals surface area contributed by atoms with Gasteiger partial charge in [-0.05, 0) is 0 Å². The summed E-state index contributed by atoms with van der Waals surface area (Å²) in [5.41, 5.74) is 0. The van der Waals surface area contributed by atoms with Crippen LogP contribution in [0.15, 0.2) is 0 Å². The fourth-order valence-corrected chi connectivity index (χ4v) is 0. The smallest absolute Gasteiger partial charge is 0 e. The molecule has 0 atom stereocenters. The van der Waals surface area contributed by atoms with Crippen molar-refractivity contribution >= 4 is 0 Å². The summed E-state index contributed by atoms with van der Waals surface area (Å²) in [5, 5.41) is 0. The van der Waals surface area contributed by atoms with Crippen molar-refractivity contribution in [1.82, 2.24) is 0 Å². The van der Waals surface area contributed by atoms with Crippen molar-refractivity contribution in [3.8, 4) is 0 Å². The van der Waals surface area contributed by atoms with Gasteiger partial charge in [-0.2, -0.15) is 0 Å². The van der Waals surface area contributed by atoms with Gasteiger partial charge >= 0.3 is 134 Å². The molecular weight excluding hydrogens is 546 g/mol. The van der Waals surface area contributed by atoms with Crippen LogP contribution in [-0.2, 0) is 132 Å². The Hall–Kier alpha value is 1.31. The van der Waals surface area contributed by atoms with Gasteiger partial charge in [0.1, 0.15) is 0 Å². The fourth-order valence-electron chi connectivity index (χ4n) is 0. The monoisotopic (exact) mass is 546 g/mol. The Balaban J connectivity index is -0.0000000331. The molecule has 0 amide bonds. The molecule has 0 unspecified atom stereocenters. The number of hydrogen-bond donors (Lipinski definition) is 0. The SMILES string of the molecule is [O]=[V](=[O])[O-].[O]=[V](=[O])[O-].[O]=[V](=[O])[O-].[O]=[V](=[O])[O-].[O]=[V](=[O])[O-].[V]. The van der Waals surface area contributed by atoms with Crippen LogP contribution in [0.5, 0.6) is 0 Å². The minimum absolute atomic E-state index is 0. The average Bonchev–Trinajstić information content (AvgIpc) is 1.94. The van der Waals surface area contributed by atoms with Crippen molar-refractivity contribution < 1.29 is 152 Å². The molecule has 0 saturated carbocycles. The molecule has 21 heteroatoms. The first kappa shape index (κ1) is 38.1. The van der Waals surface area contributed by atoms with E-state index in [-0.39, 0.29) is 18.6 Å². The molecule has 0 rings (SSSR count). The molecule has 0 aliphatic carbocycles. The van der Waals surface area contributed by atoms with E-state index in [1.807, 2.05) is 0 Å². The van der Waals surface area contributed by atoms with Crippen LogP contribution in [-0.4, -0.2) is 0 Å². The third-order valence-corrected chi connectivity index (χ3v) is 0. The van der Waals surface area contributed by atoms with E-state index in [0.29, 0.717) is 0 Å². The van der Waals surface area contributed by atoms with Crippen LogP contribution >= 0.6 is 0 Å². The van der Waals surface area contributed by atoms with Crippen LogP contribution in [0, 0.1) is 0 Å². The van der Waals surface area contributed by atoms with Crippen molar-refractivity contribution in [1.29, 1.82) is 0 Å². The second-order valence-corrected chi connectivity index (χ2v) is 4.61. The minimum atomic E-state index is -3.94. The zero-order chi connectivity index (χ0) is 17.9. The average molecular weight is 546 g/mol. The van der Waals surface area contributed by atoms with E-state index in [9.17, 15) is 0 Å². The van der Waals surface area contributed by atoms with Crippen molar-refractivity contribution in [2.75, 3.05) is 0 Å². The number of rotatable bonds is 0. The van der Waals surface area contributed by atoms with E-state index in [4.69, 9.17) is 56.9 Å². The van der Waals surface area contributed by atoms with E-state index in [0.717, 1.165) is 0 Å². The normalized spacial score (nSPS) is 5.95. The molecule has 1 radical (unpaired) electrons. The van der Waals surface area contributed by atoms with Gasteiger partial charge in [0, 0.05) is 18.6 Å². The summed E-state index contributed by atoms with van der Waals surface area (Å²) < 4.78 is 128. The van der Waals surface area contributed by atoms with Crippen LogP contribution in [0.4, 0.5) is 0 Å². The summed E-state index contributed by atoms with van der Waals surface area (Å²) in [4.78, 5) is 0. The van der Waals surface area contributed by atoms with Gasteiger partial charge in [0.15, 0.2) is 0 Å². The molecule has 125 valence electrons. The van der Waals surface area contributed by atoms with Crippen LogP contribution in [0.3, 0.4) is 0 Å². The van der Waals surface area contributed by atoms with E-state index in [1.165, 1.54) is 0 Å². The molecule has 0 saturated heterocycles. The van der Waals surface area contributed by atoms with E-state index >= 15 is 0 Å². The maximum atomic E-state index is 8.56. The van der Waals surface area contributed by atoms with E-state index in [1.54, 1.807) is 0 Å². The van der Waals surface area contributed by atoms with Crippen molar-refractivity contribution in [3.63, 3.8) is 0 Å². The molecule has 15 nitrogen and oxygen atoms in total. The zero-order valence-corrected chi connectivity index (χ0v) is 17.2. The van der Waals surface area contributed by atoms with Gasteiger partial charge in [-0.15, -0.1) is 0 Å². The molecule has 0 N–H and O–H groups in total. The first-order valence-electron chi connectivity index (χ1n) is 2.74. The minimum Gasteiger partial charge on any atom is 0 e. The Bertz CT molecular complexity index is 376. The maximum absolute atomic E-state index is 8.56. The Morgan fingerprint density at radius 1 is 0.333 bits per heavy atom. The Labute approximate surface area is 151 Å². The summed E-state index contributed by atoms with van der Waals surface area (Å²) in [6.07, 6.45) is 0. The third-order valence-electron chi connectivity index (χ3n) is 0. The summed E-state index contributed by atoms with van der Waals surface area (Å²) in [7, 11) is 0. The van der Waals surface area contributed by atoms with Gasteiger partial charge in [-0.25, -0.2) is 0 Å². The van der Waals surface area contributed by atoms with E-state index in [2.05, 4.69) is 0 Å². The van der Waals surface area contributed by atoms with Gasteiger partial charge in [0.2, 0.25) is 0 Å². The topological polar surface area (TPSA) is 286 Å². The van der Waals surface area contributed by atoms with Gasteiger partial charge in [-0.3, -0.25) is 0 Å². The summed E-state index contributed by atoms with van der Waals surface area (Å²) in [6.45, 7) is 0. The Kier molecular flexibility index (Phi) is 59.9. The van der Waals surface area contributed by atoms with Gasteiger partial charge in [0.25, 0.3) is 0 Å². The molecule has 0 fully saturated rings. The molecule has 0 aromatic rings. The molecular formula is O15V6-5. The van der Waals surface area contributed by atoms with Crippen molar-refractivity contribution in [3.05, 3.63) is 0 Å². The van der Waals surface area contributed by atoms with Crippen LogP contribution < -0.4 is 20.2 Å². The zero-order valence-electron chi connectivity index (χ0n) is 8.81. The fraction of sp³-hybridized carbons (Fsp3) is 0. The van der Waals surface area contributed by atoms with Gasteiger partial charge < -0.3 is 0 Å². The molecule has 0 aromatic heterocycles. The molecule has 0 heterocycles. The molecule has 0 aliphatic rings. The van der Waals surface area contributed by atoms with Crippen LogP contribution in [0.2, 0.25) is 0 Å². The van der Waals surface area contributed by atoms with Crippen LogP contribution in [0.1, 0.15) is 0 Å². The summed E-state index contributed by atoms with van der Waals surface area (Å²) >= 11 is -19.7.